The van der Waals surface area contributed by atoms with Gasteiger partial charge in [-0.25, -0.2) is 9.97 Å². The van der Waals surface area contributed by atoms with E-state index in [1.54, 1.807) is 0 Å². The Hall–Kier alpha value is -2.37. The molecular weight excluding hydrogens is 314 g/mol. The van der Waals surface area contributed by atoms with Gasteiger partial charge < -0.3 is 15.3 Å². The summed E-state index contributed by atoms with van der Waals surface area (Å²) in [4.78, 5) is 15.7. The normalized spacial score (nSPS) is 17.9. The molecule has 0 spiro atoms. The Labute approximate surface area is 148 Å². The van der Waals surface area contributed by atoms with Crippen molar-refractivity contribution in [2.24, 2.45) is 0 Å². The van der Waals surface area contributed by atoms with E-state index >= 15 is 0 Å². The number of aryl methyl sites for hydroxylation is 2. The summed E-state index contributed by atoms with van der Waals surface area (Å²) in [5, 5.41) is 13.4. The van der Waals surface area contributed by atoms with Crippen LogP contribution in [0.25, 0.3) is 0 Å². The average molecular weight is 339 g/mol. The highest BCUT2D eigenvalue weighted by molar-refractivity contribution is 5.51. The molecule has 1 fully saturated rings. The predicted octanol–water partition coefficient (Wildman–Crippen LogP) is 2.94. The van der Waals surface area contributed by atoms with Crippen LogP contribution in [0.2, 0.25) is 0 Å². The molecule has 4 rings (SSSR count). The molecule has 4 heterocycles. The van der Waals surface area contributed by atoms with Crippen LogP contribution >= 0.6 is 0 Å². The highest BCUT2D eigenvalue weighted by Gasteiger charge is 2.25. The summed E-state index contributed by atoms with van der Waals surface area (Å²) in [5.74, 6) is 3.14. The zero-order valence-corrected chi connectivity index (χ0v) is 14.9. The molecule has 0 aromatic carbocycles. The van der Waals surface area contributed by atoms with Crippen LogP contribution < -0.4 is 10.2 Å². The minimum atomic E-state index is 0.0899. The van der Waals surface area contributed by atoms with E-state index < -0.39 is 0 Å². The number of aromatic nitrogens is 3. The van der Waals surface area contributed by atoms with Gasteiger partial charge in [-0.15, -0.1) is 0 Å². The summed E-state index contributed by atoms with van der Waals surface area (Å²) in [6.45, 7) is 6.57. The SMILES string of the molecule is Cc1nc(O)c(C)c(N2CCC(c3ccc4c(n3)NCCC4)CC2)n1. The van der Waals surface area contributed by atoms with Gasteiger partial charge in [0.1, 0.15) is 17.5 Å². The van der Waals surface area contributed by atoms with Crippen molar-refractivity contribution in [3.8, 4) is 5.88 Å². The molecule has 2 aromatic rings. The second kappa shape index (κ2) is 6.50. The number of anilines is 2. The molecule has 2 N–H and O–H groups in total. The molecule has 0 atom stereocenters. The number of pyridine rings is 1. The van der Waals surface area contributed by atoms with Crippen LogP contribution in [0.4, 0.5) is 11.6 Å². The molecule has 6 heteroatoms. The number of nitrogens with one attached hydrogen (secondary N) is 1. The van der Waals surface area contributed by atoms with Gasteiger partial charge in [0, 0.05) is 31.2 Å². The maximum atomic E-state index is 9.96. The van der Waals surface area contributed by atoms with Gasteiger partial charge in [0.05, 0.1) is 5.56 Å². The van der Waals surface area contributed by atoms with Crippen molar-refractivity contribution in [3.05, 3.63) is 34.8 Å². The molecule has 6 nitrogen and oxygen atoms in total. The van der Waals surface area contributed by atoms with E-state index in [1.165, 1.54) is 17.7 Å². The third kappa shape index (κ3) is 3.13. The summed E-state index contributed by atoms with van der Waals surface area (Å²) in [6, 6.07) is 4.45. The summed E-state index contributed by atoms with van der Waals surface area (Å²) in [5.41, 5.74) is 3.31. The molecule has 0 amide bonds. The van der Waals surface area contributed by atoms with Gasteiger partial charge >= 0.3 is 0 Å². The van der Waals surface area contributed by atoms with Crippen LogP contribution in [0.5, 0.6) is 5.88 Å². The Morgan fingerprint density at radius 1 is 1.12 bits per heavy atom. The summed E-state index contributed by atoms with van der Waals surface area (Å²) in [7, 11) is 0. The maximum Gasteiger partial charge on any atom is 0.219 e. The summed E-state index contributed by atoms with van der Waals surface area (Å²) in [6.07, 6.45) is 4.42. The van der Waals surface area contributed by atoms with Crippen molar-refractivity contribution in [2.45, 2.75) is 45.4 Å². The van der Waals surface area contributed by atoms with Gasteiger partial charge in [-0.2, -0.15) is 4.98 Å². The van der Waals surface area contributed by atoms with Crippen molar-refractivity contribution in [2.75, 3.05) is 29.9 Å². The minimum Gasteiger partial charge on any atom is -0.493 e. The van der Waals surface area contributed by atoms with Crippen molar-refractivity contribution < 1.29 is 5.11 Å². The second-order valence-electron chi connectivity index (χ2n) is 7.08. The highest BCUT2D eigenvalue weighted by atomic mass is 16.3. The van der Waals surface area contributed by atoms with Gasteiger partial charge in [-0.3, -0.25) is 0 Å². The summed E-state index contributed by atoms with van der Waals surface area (Å²) < 4.78 is 0. The van der Waals surface area contributed by atoms with Crippen LogP contribution in [-0.4, -0.2) is 39.7 Å². The fourth-order valence-electron chi connectivity index (χ4n) is 3.87. The Morgan fingerprint density at radius 3 is 2.72 bits per heavy atom. The fraction of sp³-hybridized carbons (Fsp3) is 0.526. The number of rotatable bonds is 2. The van der Waals surface area contributed by atoms with Gasteiger partial charge in [-0.05, 0) is 51.2 Å². The van der Waals surface area contributed by atoms with Crippen LogP contribution in [0.3, 0.4) is 0 Å². The third-order valence-electron chi connectivity index (χ3n) is 5.33. The molecule has 2 aliphatic heterocycles. The third-order valence-corrected chi connectivity index (χ3v) is 5.33. The zero-order chi connectivity index (χ0) is 17.4. The monoisotopic (exact) mass is 339 g/mol. The lowest BCUT2D eigenvalue weighted by atomic mass is 9.92. The predicted molar refractivity (Wildman–Crippen MR) is 98.4 cm³/mol. The smallest absolute Gasteiger partial charge is 0.219 e. The van der Waals surface area contributed by atoms with Crippen LogP contribution in [-0.2, 0) is 6.42 Å². The first-order chi connectivity index (χ1) is 12.1. The molecule has 0 radical (unpaired) electrons. The fourth-order valence-corrected chi connectivity index (χ4v) is 3.87. The number of nitrogens with zero attached hydrogens (tertiary/aromatic N) is 4. The molecular formula is C19H25N5O. The molecule has 2 aromatic heterocycles. The van der Waals surface area contributed by atoms with Crippen molar-refractivity contribution >= 4 is 11.6 Å². The zero-order valence-electron chi connectivity index (χ0n) is 14.9. The Bertz CT molecular complexity index is 784. The van der Waals surface area contributed by atoms with E-state index in [1.807, 2.05) is 13.8 Å². The van der Waals surface area contributed by atoms with Crippen LogP contribution in [0.1, 0.15) is 47.8 Å². The second-order valence-corrected chi connectivity index (χ2v) is 7.08. The van der Waals surface area contributed by atoms with Crippen LogP contribution in [0.15, 0.2) is 12.1 Å². The first-order valence-electron chi connectivity index (χ1n) is 9.14. The van der Waals surface area contributed by atoms with Gasteiger partial charge in [0.2, 0.25) is 5.88 Å². The standard InChI is InChI=1S/C19H25N5O/c1-12-18(21-13(2)22-19(12)25)24-10-7-14(8-11-24)16-6-5-15-4-3-9-20-17(15)23-16/h5-6,14H,3-4,7-11H2,1-2H3,(H,20,23)(H,21,22,25). The molecule has 0 bridgehead atoms. The highest BCUT2D eigenvalue weighted by Crippen LogP contribution is 2.33. The molecule has 1 saturated heterocycles. The molecule has 2 aliphatic rings. The van der Waals surface area contributed by atoms with E-state index in [-0.39, 0.29) is 5.88 Å². The lowest BCUT2D eigenvalue weighted by Gasteiger charge is -2.33. The Morgan fingerprint density at radius 2 is 1.92 bits per heavy atom. The van der Waals surface area contributed by atoms with Crippen molar-refractivity contribution in [1.29, 1.82) is 0 Å². The van der Waals surface area contributed by atoms with Gasteiger partial charge in [0.25, 0.3) is 0 Å². The quantitative estimate of drug-likeness (QED) is 0.876. The van der Waals surface area contributed by atoms with E-state index in [2.05, 4.69) is 32.3 Å². The van der Waals surface area contributed by atoms with E-state index in [4.69, 9.17) is 4.98 Å². The largest absolute Gasteiger partial charge is 0.493 e. The average Bonchev–Trinajstić information content (AvgIpc) is 2.64. The maximum absolute atomic E-state index is 9.96. The number of hydrogen-bond acceptors (Lipinski definition) is 6. The van der Waals surface area contributed by atoms with E-state index in [9.17, 15) is 5.11 Å². The minimum absolute atomic E-state index is 0.0899. The first-order valence-corrected chi connectivity index (χ1v) is 9.14. The van der Waals surface area contributed by atoms with Gasteiger partial charge in [0.15, 0.2) is 0 Å². The molecule has 25 heavy (non-hydrogen) atoms. The number of fused-ring (bicyclic) bond motifs is 1. The topological polar surface area (TPSA) is 74.2 Å². The Balaban J connectivity index is 1.48. The van der Waals surface area contributed by atoms with Gasteiger partial charge in [-0.1, -0.05) is 6.07 Å². The molecule has 132 valence electrons. The lowest BCUT2D eigenvalue weighted by molar-refractivity contribution is 0.442. The van der Waals surface area contributed by atoms with E-state index in [0.717, 1.165) is 56.1 Å². The Kier molecular flexibility index (Phi) is 4.19. The van der Waals surface area contributed by atoms with Crippen molar-refractivity contribution in [1.82, 2.24) is 15.0 Å². The van der Waals surface area contributed by atoms with Crippen LogP contribution in [0, 0.1) is 13.8 Å². The number of piperidine rings is 1. The first kappa shape index (κ1) is 16.1. The lowest BCUT2D eigenvalue weighted by Crippen LogP contribution is -2.34. The number of hydrogen-bond donors (Lipinski definition) is 2. The van der Waals surface area contributed by atoms with Crippen molar-refractivity contribution in [3.63, 3.8) is 0 Å². The number of aromatic hydroxyl groups is 1. The molecule has 0 aliphatic carbocycles. The molecule has 0 unspecified atom stereocenters. The molecule has 0 saturated carbocycles. The summed E-state index contributed by atoms with van der Waals surface area (Å²) >= 11 is 0. The van der Waals surface area contributed by atoms with E-state index in [0.29, 0.717) is 11.7 Å².